The number of nitrogens with one attached hydrogen (secondary N) is 1. The zero-order chi connectivity index (χ0) is 25.0. The molecular formula is C20H26F3N7O4. The number of alkyl halides is 3. The third kappa shape index (κ3) is 5.92. The van der Waals surface area contributed by atoms with Crippen LogP contribution in [0.25, 0.3) is 0 Å². The number of carbonyl (C=O) groups excluding carboxylic acids is 1. The van der Waals surface area contributed by atoms with Crippen molar-refractivity contribution in [1.82, 2.24) is 25.1 Å². The predicted molar refractivity (Wildman–Crippen MR) is 115 cm³/mol. The highest BCUT2D eigenvalue weighted by molar-refractivity contribution is 5.92. The van der Waals surface area contributed by atoms with E-state index in [1.165, 1.54) is 0 Å². The van der Waals surface area contributed by atoms with Crippen LogP contribution in [-0.4, -0.2) is 89.3 Å². The van der Waals surface area contributed by atoms with Gasteiger partial charge in [0.2, 0.25) is 0 Å². The minimum absolute atomic E-state index is 0.0975. The largest absolute Gasteiger partial charge is 0.490 e. The van der Waals surface area contributed by atoms with Crippen LogP contribution in [0.1, 0.15) is 10.5 Å². The van der Waals surface area contributed by atoms with E-state index in [-0.39, 0.29) is 12.0 Å². The molecule has 2 aliphatic rings. The number of amides is 1. The van der Waals surface area contributed by atoms with Gasteiger partial charge < -0.3 is 25.0 Å². The van der Waals surface area contributed by atoms with Crippen LogP contribution in [-0.2, 0) is 16.6 Å². The molecule has 34 heavy (non-hydrogen) atoms. The SMILES string of the molecule is CN(C)c1cc(N2C[C@@H]3[C@@H](CNC(=O)c4ccnn4C)CO[C@@H]3C2)ncn1.O=C(O)C(F)(F)F. The third-order valence-corrected chi connectivity index (χ3v) is 5.68. The number of carboxylic acids is 1. The van der Waals surface area contributed by atoms with Crippen LogP contribution in [0.2, 0.25) is 0 Å². The Morgan fingerprint density at radius 1 is 1.29 bits per heavy atom. The van der Waals surface area contributed by atoms with Crippen LogP contribution >= 0.6 is 0 Å². The Labute approximate surface area is 193 Å². The van der Waals surface area contributed by atoms with Gasteiger partial charge in [-0.05, 0) is 6.07 Å². The Kier molecular flexibility index (Phi) is 7.59. The molecule has 2 saturated heterocycles. The Morgan fingerprint density at radius 3 is 2.59 bits per heavy atom. The number of hydrogen-bond donors (Lipinski definition) is 2. The average Bonchev–Trinajstić information content (AvgIpc) is 3.48. The second-order valence-corrected chi connectivity index (χ2v) is 8.18. The number of hydrogen-bond acceptors (Lipinski definition) is 8. The topological polar surface area (TPSA) is 126 Å². The molecule has 1 amide bonds. The summed E-state index contributed by atoms with van der Waals surface area (Å²) in [6.07, 6.45) is -1.67. The first-order chi connectivity index (χ1) is 16.0. The monoisotopic (exact) mass is 485 g/mol. The molecule has 4 rings (SSSR count). The molecular weight excluding hydrogens is 459 g/mol. The molecule has 14 heteroatoms. The number of carbonyl (C=O) groups is 2. The highest BCUT2D eigenvalue weighted by atomic mass is 19.4. The van der Waals surface area contributed by atoms with Gasteiger partial charge in [-0.15, -0.1) is 0 Å². The number of ether oxygens (including phenoxy) is 1. The maximum absolute atomic E-state index is 12.3. The molecule has 2 aromatic heterocycles. The number of nitrogens with zero attached hydrogens (tertiary/aromatic N) is 6. The Morgan fingerprint density at radius 2 is 2.00 bits per heavy atom. The van der Waals surface area contributed by atoms with Gasteiger partial charge in [0.15, 0.2) is 0 Å². The van der Waals surface area contributed by atoms with Crippen molar-refractivity contribution in [3.8, 4) is 0 Å². The van der Waals surface area contributed by atoms with E-state index in [0.29, 0.717) is 30.7 Å². The summed E-state index contributed by atoms with van der Waals surface area (Å²) in [6, 6.07) is 3.72. The first-order valence-electron chi connectivity index (χ1n) is 10.4. The number of aryl methyl sites for hydroxylation is 1. The molecule has 0 spiro atoms. The molecule has 2 fully saturated rings. The van der Waals surface area contributed by atoms with E-state index in [1.54, 1.807) is 30.3 Å². The van der Waals surface area contributed by atoms with Crippen LogP contribution in [0.3, 0.4) is 0 Å². The quantitative estimate of drug-likeness (QED) is 0.632. The number of halogens is 3. The zero-order valence-corrected chi connectivity index (χ0v) is 18.9. The molecule has 3 atom stereocenters. The van der Waals surface area contributed by atoms with Crippen LogP contribution < -0.4 is 15.1 Å². The first-order valence-corrected chi connectivity index (χ1v) is 10.4. The Bertz CT molecular complexity index is 1010. The zero-order valence-electron chi connectivity index (χ0n) is 18.9. The lowest BCUT2D eigenvalue weighted by Crippen LogP contribution is -2.35. The standard InChI is InChI=1S/C18H25N7O2.C2HF3O2/c1-23(2)16-6-17(21-11-20-16)25-8-13-12(10-27-15(13)9-25)7-19-18(26)14-4-5-22-24(14)3;3-2(4,5)1(6)7/h4-6,11-13,15H,7-10H2,1-3H3,(H,19,26);(H,6,7)/t12-,13+,15+;/m0./s1. The lowest BCUT2D eigenvalue weighted by atomic mass is 9.93. The Hall–Kier alpha value is -3.42. The van der Waals surface area contributed by atoms with Gasteiger partial charge in [0.1, 0.15) is 23.7 Å². The van der Waals surface area contributed by atoms with E-state index in [4.69, 9.17) is 14.6 Å². The third-order valence-electron chi connectivity index (χ3n) is 5.68. The van der Waals surface area contributed by atoms with Crippen molar-refractivity contribution in [2.75, 3.05) is 50.1 Å². The molecule has 0 aliphatic carbocycles. The van der Waals surface area contributed by atoms with Gasteiger partial charge >= 0.3 is 12.1 Å². The lowest BCUT2D eigenvalue weighted by molar-refractivity contribution is -0.192. The van der Waals surface area contributed by atoms with Crippen LogP contribution in [0, 0.1) is 11.8 Å². The minimum Gasteiger partial charge on any atom is -0.475 e. The first kappa shape index (κ1) is 25.2. The van der Waals surface area contributed by atoms with E-state index in [0.717, 1.165) is 24.7 Å². The number of aromatic nitrogens is 4. The fourth-order valence-corrected chi connectivity index (χ4v) is 3.86. The molecule has 2 aromatic rings. The van der Waals surface area contributed by atoms with Gasteiger partial charge in [-0.1, -0.05) is 0 Å². The number of aliphatic carboxylic acids is 1. The fourth-order valence-electron chi connectivity index (χ4n) is 3.86. The van der Waals surface area contributed by atoms with E-state index < -0.39 is 12.1 Å². The van der Waals surface area contributed by atoms with Gasteiger partial charge in [0, 0.05) is 64.9 Å². The van der Waals surface area contributed by atoms with Crippen molar-refractivity contribution in [3.63, 3.8) is 0 Å². The van der Waals surface area contributed by atoms with E-state index in [9.17, 15) is 18.0 Å². The summed E-state index contributed by atoms with van der Waals surface area (Å²) in [5.41, 5.74) is 0.565. The molecule has 2 N–H and O–H groups in total. The predicted octanol–water partition coefficient (Wildman–Crippen LogP) is 0.791. The second kappa shape index (κ2) is 10.2. The van der Waals surface area contributed by atoms with Crippen LogP contribution in [0.15, 0.2) is 24.7 Å². The van der Waals surface area contributed by atoms with Crippen molar-refractivity contribution >= 4 is 23.5 Å². The highest BCUT2D eigenvalue weighted by Gasteiger charge is 2.44. The summed E-state index contributed by atoms with van der Waals surface area (Å²) in [7, 11) is 5.70. The highest BCUT2D eigenvalue weighted by Crippen LogP contribution is 2.35. The van der Waals surface area contributed by atoms with Gasteiger partial charge in [-0.2, -0.15) is 18.3 Å². The van der Waals surface area contributed by atoms with Gasteiger partial charge in [-0.25, -0.2) is 14.8 Å². The van der Waals surface area contributed by atoms with Crippen molar-refractivity contribution in [2.45, 2.75) is 12.3 Å². The summed E-state index contributed by atoms with van der Waals surface area (Å²) in [4.78, 5) is 34.1. The van der Waals surface area contributed by atoms with Gasteiger partial charge in [0.25, 0.3) is 5.91 Å². The normalized spacial score (nSPS) is 21.5. The van der Waals surface area contributed by atoms with Crippen molar-refractivity contribution < 1.29 is 32.6 Å². The van der Waals surface area contributed by atoms with Crippen molar-refractivity contribution in [3.05, 3.63) is 30.4 Å². The Balaban J connectivity index is 0.000000406. The lowest BCUT2D eigenvalue weighted by Gasteiger charge is -2.22. The molecule has 0 radical (unpaired) electrons. The van der Waals surface area contributed by atoms with Gasteiger partial charge in [0.05, 0.1) is 12.7 Å². The van der Waals surface area contributed by atoms with Crippen LogP contribution in [0.4, 0.5) is 24.8 Å². The van der Waals surface area contributed by atoms with Crippen LogP contribution in [0.5, 0.6) is 0 Å². The molecule has 186 valence electrons. The number of fused-ring (bicyclic) bond motifs is 1. The molecule has 4 heterocycles. The average molecular weight is 485 g/mol. The molecule has 11 nitrogen and oxygen atoms in total. The summed E-state index contributed by atoms with van der Waals surface area (Å²) in [5.74, 6) is -0.364. The number of carboxylic acid groups (broad SMARTS) is 1. The van der Waals surface area contributed by atoms with E-state index >= 15 is 0 Å². The number of rotatable bonds is 5. The molecule has 0 saturated carbocycles. The number of anilines is 2. The summed E-state index contributed by atoms with van der Waals surface area (Å²) < 4.78 is 39.3. The van der Waals surface area contributed by atoms with E-state index in [1.807, 2.05) is 25.1 Å². The molecule has 0 unspecified atom stereocenters. The molecule has 0 aromatic carbocycles. The van der Waals surface area contributed by atoms with Crippen molar-refractivity contribution in [1.29, 1.82) is 0 Å². The molecule has 2 aliphatic heterocycles. The summed E-state index contributed by atoms with van der Waals surface area (Å²) in [5, 5.41) is 14.2. The smallest absolute Gasteiger partial charge is 0.475 e. The summed E-state index contributed by atoms with van der Waals surface area (Å²) >= 11 is 0. The second-order valence-electron chi connectivity index (χ2n) is 8.18. The summed E-state index contributed by atoms with van der Waals surface area (Å²) in [6.45, 7) is 2.98. The molecule has 0 bridgehead atoms. The minimum atomic E-state index is -5.08. The maximum Gasteiger partial charge on any atom is 0.490 e. The van der Waals surface area contributed by atoms with E-state index in [2.05, 4.69) is 25.3 Å². The van der Waals surface area contributed by atoms with Crippen molar-refractivity contribution in [2.24, 2.45) is 18.9 Å². The maximum atomic E-state index is 12.3. The van der Waals surface area contributed by atoms with Gasteiger partial charge in [-0.3, -0.25) is 9.48 Å². The fraction of sp³-hybridized carbons (Fsp3) is 0.550.